The van der Waals surface area contributed by atoms with Crippen molar-refractivity contribution in [3.8, 4) is 0 Å². The molecule has 2 atom stereocenters. The molecular formula is C14H17N3O4S. The summed E-state index contributed by atoms with van der Waals surface area (Å²) in [7, 11) is 0. The summed E-state index contributed by atoms with van der Waals surface area (Å²) < 4.78 is 16.4. The van der Waals surface area contributed by atoms with Crippen LogP contribution in [0.25, 0.3) is 0 Å². The van der Waals surface area contributed by atoms with Gasteiger partial charge in [0.2, 0.25) is 0 Å². The van der Waals surface area contributed by atoms with E-state index in [2.05, 4.69) is 15.3 Å². The maximum atomic E-state index is 12.2. The first-order valence-electron chi connectivity index (χ1n) is 7.01. The van der Waals surface area contributed by atoms with Crippen LogP contribution in [-0.4, -0.2) is 41.2 Å². The average Bonchev–Trinajstić information content (AvgIpc) is 3.17. The lowest BCUT2D eigenvalue weighted by molar-refractivity contribution is -0.0742. The quantitative estimate of drug-likeness (QED) is 0.898. The zero-order valence-corrected chi connectivity index (χ0v) is 13.0. The second kappa shape index (κ2) is 6.99. The summed E-state index contributed by atoms with van der Waals surface area (Å²) in [5.74, 6) is 0.255. The van der Waals surface area contributed by atoms with Crippen LogP contribution in [0.5, 0.6) is 0 Å². The van der Waals surface area contributed by atoms with Gasteiger partial charge in [0.25, 0.3) is 5.91 Å². The Morgan fingerprint density at radius 3 is 3.18 bits per heavy atom. The van der Waals surface area contributed by atoms with Gasteiger partial charge >= 0.3 is 0 Å². The largest absolute Gasteiger partial charge is 0.448 e. The first kappa shape index (κ1) is 15.1. The van der Waals surface area contributed by atoms with Crippen molar-refractivity contribution in [2.45, 2.75) is 32.1 Å². The predicted molar refractivity (Wildman–Crippen MR) is 78.6 cm³/mol. The number of amides is 1. The van der Waals surface area contributed by atoms with E-state index in [1.807, 2.05) is 5.38 Å². The number of rotatable bonds is 5. The van der Waals surface area contributed by atoms with Crippen molar-refractivity contribution in [3.05, 3.63) is 34.4 Å². The fourth-order valence-corrected chi connectivity index (χ4v) is 2.85. The molecule has 2 aromatic heterocycles. The Bertz CT molecular complexity index is 613. The lowest BCUT2D eigenvalue weighted by atomic mass is 10.1. The van der Waals surface area contributed by atoms with Gasteiger partial charge in [-0.05, 0) is 13.3 Å². The minimum Gasteiger partial charge on any atom is -0.448 e. The van der Waals surface area contributed by atoms with Crippen LogP contribution in [-0.2, 0) is 16.1 Å². The number of ether oxygens (including phenoxy) is 2. The van der Waals surface area contributed by atoms with Gasteiger partial charge in [0.05, 0.1) is 30.5 Å². The average molecular weight is 323 g/mol. The van der Waals surface area contributed by atoms with Crippen LogP contribution in [0.4, 0.5) is 0 Å². The number of nitrogens with zero attached hydrogens (tertiary/aromatic N) is 2. The number of aromatic nitrogens is 2. The van der Waals surface area contributed by atoms with Crippen LogP contribution >= 0.6 is 11.3 Å². The molecule has 1 fully saturated rings. The molecule has 8 heteroatoms. The Balaban J connectivity index is 1.60. The fourth-order valence-electron chi connectivity index (χ4n) is 2.30. The predicted octanol–water partition coefficient (Wildman–Crippen LogP) is 1.54. The zero-order chi connectivity index (χ0) is 15.4. The van der Waals surface area contributed by atoms with E-state index in [0.29, 0.717) is 37.7 Å². The second-order valence-corrected chi connectivity index (χ2v) is 5.75. The molecular weight excluding hydrogens is 306 g/mol. The van der Waals surface area contributed by atoms with Gasteiger partial charge in [0.1, 0.15) is 11.9 Å². The molecule has 118 valence electrons. The first-order valence-corrected chi connectivity index (χ1v) is 7.95. The molecule has 0 spiro atoms. The van der Waals surface area contributed by atoms with Gasteiger partial charge in [0, 0.05) is 12.0 Å². The summed E-state index contributed by atoms with van der Waals surface area (Å²) in [4.78, 5) is 20.3. The number of oxazole rings is 1. The SMILES string of the molecule is Cc1ocnc1C(=O)N[C@@H]1CCOC[C@H]1OCc1cscn1. The number of carbonyl (C=O) groups excluding carboxylic acids is 1. The van der Waals surface area contributed by atoms with Gasteiger partial charge in [-0.25, -0.2) is 9.97 Å². The molecule has 0 bridgehead atoms. The van der Waals surface area contributed by atoms with E-state index in [0.717, 1.165) is 5.69 Å². The molecule has 1 aliphatic heterocycles. The minimum atomic E-state index is -0.250. The lowest BCUT2D eigenvalue weighted by Crippen LogP contribution is -2.50. The highest BCUT2D eigenvalue weighted by molar-refractivity contribution is 7.07. The first-order chi connectivity index (χ1) is 10.7. The normalized spacial score (nSPS) is 21.7. The number of nitrogens with one attached hydrogen (secondary N) is 1. The lowest BCUT2D eigenvalue weighted by Gasteiger charge is -2.31. The van der Waals surface area contributed by atoms with Gasteiger partial charge in [-0.15, -0.1) is 11.3 Å². The molecule has 3 rings (SSSR count). The molecule has 22 heavy (non-hydrogen) atoms. The van der Waals surface area contributed by atoms with Crippen molar-refractivity contribution in [1.82, 2.24) is 15.3 Å². The smallest absolute Gasteiger partial charge is 0.273 e. The van der Waals surface area contributed by atoms with E-state index in [4.69, 9.17) is 13.9 Å². The highest BCUT2D eigenvalue weighted by Crippen LogP contribution is 2.15. The third-order valence-corrected chi connectivity index (χ3v) is 4.14. The summed E-state index contributed by atoms with van der Waals surface area (Å²) in [5, 5.41) is 4.90. The minimum absolute atomic E-state index is 0.115. The van der Waals surface area contributed by atoms with Crippen LogP contribution < -0.4 is 5.32 Å². The Labute approximate surface area is 131 Å². The van der Waals surface area contributed by atoms with E-state index in [1.165, 1.54) is 17.7 Å². The summed E-state index contributed by atoms with van der Waals surface area (Å²) >= 11 is 1.53. The van der Waals surface area contributed by atoms with Gasteiger partial charge in [-0.3, -0.25) is 4.79 Å². The van der Waals surface area contributed by atoms with E-state index in [-0.39, 0.29) is 18.1 Å². The van der Waals surface area contributed by atoms with Crippen molar-refractivity contribution < 1.29 is 18.7 Å². The molecule has 1 aliphatic rings. The van der Waals surface area contributed by atoms with Crippen molar-refractivity contribution in [3.63, 3.8) is 0 Å². The summed E-state index contributed by atoms with van der Waals surface area (Å²) in [6.07, 6.45) is 1.76. The van der Waals surface area contributed by atoms with Crippen LogP contribution in [0.2, 0.25) is 0 Å². The summed E-state index contributed by atoms with van der Waals surface area (Å²) in [6.45, 7) is 3.17. The topological polar surface area (TPSA) is 86.5 Å². The molecule has 3 heterocycles. The van der Waals surface area contributed by atoms with Crippen molar-refractivity contribution in [1.29, 1.82) is 0 Å². The molecule has 0 aliphatic carbocycles. The Kier molecular flexibility index (Phi) is 4.81. The Morgan fingerprint density at radius 2 is 2.45 bits per heavy atom. The molecule has 1 amide bonds. The highest BCUT2D eigenvalue weighted by atomic mass is 32.1. The molecule has 1 N–H and O–H groups in total. The highest BCUT2D eigenvalue weighted by Gasteiger charge is 2.29. The third kappa shape index (κ3) is 3.52. The molecule has 1 saturated heterocycles. The van der Waals surface area contributed by atoms with Crippen molar-refractivity contribution in [2.75, 3.05) is 13.2 Å². The summed E-state index contributed by atoms with van der Waals surface area (Å²) in [5.41, 5.74) is 2.96. The standard InChI is InChI=1S/C14H17N3O4S/c1-9-13(15-7-21-9)14(18)17-11-2-3-19-5-12(11)20-4-10-6-22-8-16-10/h6-8,11-12H,2-5H2,1H3,(H,17,18)/t11-,12-/m1/s1. The van der Waals surface area contributed by atoms with Crippen LogP contribution in [0, 0.1) is 6.92 Å². The van der Waals surface area contributed by atoms with Gasteiger partial charge < -0.3 is 19.2 Å². The molecule has 0 unspecified atom stereocenters. The number of aryl methyl sites for hydroxylation is 1. The second-order valence-electron chi connectivity index (χ2n) is 5.03. The number of hydrogen-bond donors (Lipinski definition) is 1. The van der Waals surface area contributed by atoms with E-state index in [1.54, 1.807) is 12.4 Å². The summed E-state index contributed by atoms with van der Waals surface area (Å²) in [6, 6.07) is -0.115. The molecule has 0 radical (unpaired) electrons. The maximum Gasteiger partial charge on any atom is 0.273 e. The fraction of sp³-hybridized carbons (Fsp3) is 0.500. The Hall–Kier alpha value is -1.77. The molecule has 2 aromatic rings. The number of hydrogen-bond acceptors (Lipinski definition) is 7. The van der Waals surface area contributed by atoms with E-state index >= 15 is 0 Å². The van der Waals surface area contributed by atoms with Crippen molar-refractivity contribution in [2.24, 2.45) is 0 Å². The maximum absolute atomic E-state index is 12.2. The van der Waals surface area contributed by atoms with Crippen LogP contribution in [0.3, 0.4) is 0 Å². The molecule has 7 nitrogen and oxygen atoms in total. The third-order valence-electron chi connectivity index (χ3n) is 3.51. The molecule has 0 aromatic carbocycles. The van der Waals surface area contributed by atoms with Crippen LogP contribution in [0.15, 0.2) is 21.7 Å². The van der Waals surface area contributed by atoms with E-state index < -0.39 is 0 Å². The number of thiazole rings is 1. The Morgan fingerprint density at radius 1 is 1.55 bits per heavy atom. The van der Waals surface area contributed by atoms with Gasteiger partial charge in [-0.2, -0.15) is 0 Å². The van der Waals surface area contributed by atoms with Gasteiger partial charge in [-0.1, -0.05) is 0 Å². The number of carbonyl (C=O) groups is 1. The monoisotopic (exact) mass is 323 g/mol. The van der Waals surface area contributed by atoms with Crippen LogP contribution in [0.1, 0.15) is 28.4 Å². The zero-order valence-electron chi connectivity index (χ0n) is 12.2. The van der Waals surface area contributed by atoms with E-state index in [9.17, 15) is 4.79 Å². The van der Waals surface area contributed by atoms with Crippen molar-refractivity contribution >= 4 is 17.2 Å². The molecule has 0 saturated carbocycles. The van der Waals surface area contributed by atoms with Gasteiger partial charge in [0.15, 0.2) is 12.1 Å².